The number of hydrogen-bond acceptors (Lipinski definition) is 3. The van der Waals surface area contributed by atoms with Crippen molar-refractivity contribution in [3.63, 3.8) is 0 Å². The van der Waals surface area contributed by atoms with E-state index in [9.17, 15) is 10.2 Å². The Kier molecular flexibility index (Phi) is 5.44. The molecule has 0 spiro atoms. The second kappa shape index (κ2) is 7.29. The van der Waals surface area contributed by atoms with Crippen molar-refractivity contribution in [1.82, 2.24) is 0 Å². The first kappa shape index (κ1) is 20.2. The van der Waals surface area contributed by atoms with Crippen LogP contribution >= 0.6 is 0 Å². The van der Waals surface area contributed by atoms with Crippen LogP contribution in [-0.2, 0) is 0 Å². The molecule has 3 heteroatoms. The maximum atomic E-state index is 11.5. The molecular formula is C24H43NO2. The molecule has 4 saturated carbocycles. The summed E-state index contributed by atoms with van der Waals surface area (Å²) in [5.41, 5.74) is 6.22. The molecule has 27 heavy (non-hydrogen) atoms. The summed E-state index contributed by atoms with van der Waals surface area (Å²) in [6.07, 6.45) is 11.4. The third kappa shape index (κ3) is 3.02. The van der Waals surface area contributed by atoms with Gasteiger partial charge in [-0.2, -0.15) is 0 Å². The van der Waals surface area contributed by atoms with Crippen LogP contribution in [0.4, 0.5) is 0 Å². The summed E-state index contributed by atoms with van der Waals surface area (Å²) in [6.45, 7) is 8.14. The molecule has 0 aromatic rings. The summed E-state index contributed by atoms with van der Waals surface area (Å²) in [5, 5.41) is 21.7. The quantitative estimate of drug-likeness (QED) is 0.682. The standard InChI is InChI=1S/C24H43NO2/c1-15(5-4-12-25)19-8-9-20-18-7-6-16-13-17(26)10-11-23(16,2)21(18)14-22(27)24(19,20)3/h15-22,26-27H,4-14,25H2,1-3H3/t15-,16-,17-,18+,19-,20+,21+,22+,23+,24-/m1/s1. The molecule has 156 valence electrons. The van der Waals surface area contributed by atoms with E-state index in [0.29, 0.717) is 35.0 Å². The van der Waals surface area contributed by atoms with Gasteiger partial charge < -0.3 is 15.9 Å². The van der Waals surface area contributed by atoms with Gasteiger partial charge in [-0.25, -0.2) is 0 Å². The van der Waals surface area contributed by atoms with E-state index in [1.165, 1.54) is 32.1 Å². The highest BCUT2D eigenvalue weighted by Gasteiger charge is 2.63. The molecule has 0 heterocycles. The Bertz CT molecular complexity index is 538. The lowest BCUT2D eigenvalue weighted by Crippen LogP contribution is -2.58. The number of aliphatic hydroxyl groups is 2. The van der Waals surface area contributed by atoms with E-state index in [1.54, 1.807) is 0 Å². The summed E-state index contributed by atoms with van der Waals surface area (Å²) in [7, 11) is 0. The van der Waals surface area contributed by atoms with Crippen LogP contribution in [0.2, 0.25) is 0 Å². The SMILES string of the molecule is C[C@H](CCCN)[C@H]1CC[C@H]2[C@@H]3CC[C@@H]4C[C@H](O)CC[C@]4(C)[C@H]3C[C@H](O)[C@]12C. The highest BCUT2D eigenvalue weighted by molar-refractivity contribution is 5.12. The molecule has 0 aliphatic heterocycles. The Morgan fingerprint density at radius 3 is 2.52 bits per heavy atom. The van der Waals surface area contributed by atoms with Gasteiger partial charge in [-0.3, -0.25) is 0 Å². The van der Waals surface area contributed by atoms with Crippen molar-refractivity contribution >= 4 is 0 Å². The number of rotatable bonds is 4. The lowest BCUT2D eigenvalue weighted by molar-refractivity contribution is -0.174. The first-order chi connectivity index (χ1) is 12.8. The van der Waals surface area contributed by atoms with E-state index >= 15 is 0 Å². The Morgan fingerprint density at radius 2 is 1.78 bits per heavy atom. The predicted molar refractivity (Wildman–Crippen MR) is 110 cm³/mol. The Hall–Kier alpha value is -0.120. The molecule has 4 N–H and O–H groups in total. The van der Waals surface area contributed by atoms with Gasteiger partial charge in [0.15, 0.2) is 0 Å². The van der Waals surface area contributed by atoms with E-state index in [-0.39, 0.29) is 17.6 Å². The van der Waals surface area contributed by atoms with Crippen molar-refractivity contribution in [3.8, 4) is 0 Å². The van der Waals surface area contributed by atoms with Crippen LogP contribution in [0.25, 0.3) is 0 Å². The normalized spacial score (nSPS) is 53.3. The van der Waals surface area contributed by atoms with Gasteiger partial charge in [-0.1, -0.05) is 20.8 Å². The summed E-state index contributed by atoms with van der Waals surface area (Å²) in [5.74, 6) is 4.15. The highest BCUT2D eigenvalue weighted by atomic mass is 16.3. The van der Waals surface area contributed by atoms with Crippen LogP contribution in [0.15, 0.2) is 0 Å². The Morgan fingerprint density at radius 1 is 1.00 bits per heavy atom. The number of nitrogens with two attached hydrogens (primary N) is 1. The number of aliphatic hydroxyl groups excluding tert-OH is 2. The van der Waals surface area contributed by atoms with Crippen molar-refractivity contribution < 1.29 is 10.2 Å². The molecule has 10 atom stereocenters. The second-order valence-corrected chi connectivity index (χ2v) is 11.3. The monoisotopic (exact) mass is 377 g/mol. The maximum absolute atomic E-state index is 11.5. The summed E-state index contributed by atoms with van der Waals surface area (Å²) in [6, 6.07) is 0. The van der Waals surface area contributed by atoms with Crippen molar-refractivity contribution in [2.45, 2.75) is 97.2 Å². The zero-order valence-electron chi connectivity index (χ0n) is 17.9. The van der Waals surface area contributed by atoms with Gasteiger partial charge in [-0.05, 0) is 117 Å². The van der Waals surface area contributed by atoms with Gasteiger partial charge in [-0.15, -0.1) is 0 Å². The van der Waals surface area contributed by atoms with Crippen molar-refractivity contribution in [1.29, 1.82) is 0 Å². The topological polar surface area (TPSA) is 66.5 Å². The van der Waals surface area contributed by atoms with Gasteiger partial charge >= 0.3 is 0 Å². The predicted octanol–water partition coefficient (Wildman–Crippen LogP) is 4.35. The molecule has 4 rings (SSSR count). The van der Waals surface area contributed by atoms with E-state index in [2.05, 4.69) is 20.8 Å². The van der Waals surface area contributed by atoms with Gasteiger partial charge in [0.1, 0.15) is 0 Å². The van der Waals surface area contributed by atoms with Crippen LogP contribution in [0.5, 0.6) is 0 Å². The Labute approximate surface area is 166 Å². The van der Waals surface area contributed by atoms with Crippen LogP contribution in [0.1, 0.15) is 85.0 Å². The fourth-order valence-corrected chi connectivity index (χ4v) is 8.80. The molecule has 4 aliphatic rings. The molecule has 0 aromatic carbocycles. The first-order valence-corrected chi connectivity index (χ1v) is 11.9. The summed E-state index contributed by atoms with van der Waals surface area (Å²) in [4.78, 5) is 0. The van der Waals surface area contributed by atoms with Crippen LogP contribution in [-0.4, -0.2) is 29.0 Å². The molecule has 4 fully saturated rings. The second-order valence-electron chi connectivity index (χ2n) is 11.3. The average molecular weight is 378 g/mol. The smallest absolute Gasteiger partial charge is 0.0602 e. The number of hydrogen-bond donors (Lipinski definition) is 3. The summed E-state index contributed by atoms with van der Waals surface area (Å²) >= 11 is 0. The van der Waals surface area contributed by atoms with Crippen molar-refractivity contribution in [2.75, 3.05) is 6.54 Å². The average Bonchev–Trinajstić information content (AvgIpc) is 3.00. The lowest BCUT2D eigenvalue weighted by atomic mass is 9.43. The molecule has 0 bridgehead atoms. The van der Waals surface area contributed by atoms with E-state index in [4.69, 9.17) is 5.73 Å². The zero-order valence-corrected chi connectivity index (χ0v) is 17.9. The summed E-state index contributed by atoms with van der Waals surface area (Å²) < 4.78 is 0. The van der Waals surface area contributed by atoms with Crippen LogP contribution in [0.3, 0.4) is 0 Å². The minimum atomic E-state index is -0.154. The lowest BCUT2D eigenvalue weighted by Gasteiger charge is -2.62. The zero-order chi connectivity index (χ0) is 19.4. The molecule has 0 unspecified atom stereocenters. The molecule has 0 aromatic heterocycles. The molecule has 0 saturated heterocycles. The third-order valence-electron chi connectivity index (χ3n) is 10.4. The molecule has 0 radical (unpaired) electrons. The third-order valence-corrected chi connectivity index (χ3v) is 10.4. The van der Waals surface area contributed by atoms with Gasteiger partial charge in [0.05, 0.1) is 12.2 Å². The van der Waals surface area contributed by atoms with E-state index in [0.717, 1.165) is 44.6 Å². The molecule has 4 aliphatic carbocycles. The Balaban J connectivity index is 1.58. The van der Waals surface area contributed by atoms with Crippen LogP contribution in [0, 0.1) is 46.3 Å². The van der Waals surface area contributed by atoms with Gasteiger partial charge in [0.25, 0.3) is 0 Å². The molecule has 3 nitrogen and oxygen atoms in total. The fraction of sp³-hybridized carbons (Fsp3) is 1.00. The van der Waals surface area contributed by atoms with Gasteiger partial charge in [0.2, 0.25) is 0 Å². The van der Waals surface area contributed by atoms with Crippen LogP contribution < -0.4 is 5.73 Å². The van der Waals surface area contributed by atoms with E-state index < -0.39 is 0 Å². The van der Waals surface area contributed by atoms with Crippen molar-refractivity contribution in [3.05, 3.63) is 0 Å². The number of fused-ring (bicyclic) bond motifs is 5. The highest BCUT2D eigenvalue weighted by Crippen LogP contribution is 2.68. The largest absolute Gasteiger partial charge is 0.393 e. The van der Waals surface area contributed by atoms with E-state index in [1.807, 2.05) is 0 Å². The molecule has 0 amide bonds. The van der Waals surface area contributed by atoms with Gasteiger partial charge in [0, 0.05) is 0 Å². The fourth-order valence-electron chi connectivity index (χ4n) is 8.80. The minimum absolute atomic E-state index is 0.0855. The molecular weight excluding hydrogens is 334 g/mol. The maximum Gasteiger partial charge on any atom is 0.0602 e. The first-order valence-electron chi connectivity index (χ1n) is 11.9. The van der Waals surface area contributed by atoms with Crippen molar-refractivity contribution in [2.24, 2.45) is 52.1 Å². The minimum Gasteiger partial charge on any atom is -0.393 e.